The molecule has 0 aliphatic carbocycles. The zero-order valence-electron chi connectivity index (χ0n) is 15.9. The summed E-state index contributed by atoms with van der Waals surface area (Å²) in [5.74, 6) is -2.76. The van der Waals surface area contributed by atoms with E-state index in [1.807, 2.05) is 30.3 Å². The lowest BCUT2D eigenvalue weighted by molar-refractivity contribution is -0.192. The molecule has 1 atom stereocenters. The van der Waals surface area contributed by atoms with Crippen molar-refractivity contribution in [2.45, 2.75) is 16.4 Å². The Morgan fingerprint density at radius 1 is 1.26 bits per heavy atom. The highest BCUT2D eigenvalue weighted by atomic mass is 35.5. The Morgan fingerprint density at radius 2 is 1.84 bits per heavy atom. The van der Waals surface area contributed by atoms with Gasteiger partial charge < -0.3 is 10.8 Å². The number of benzene rings is 1. The summed E-state index contributed by atoms with van der Waals surface area (Å²) in [6, 6.07) is 13.9. The van der Waals surface area contributed by atoms with Gasteiger partial charge in [0, 0.05) is 13.6 Å². The number of carboxylic acids is 1. The molecule has 2 aromatic heterocycles. The van der Waals surface area contributed by atoms with Crippen molar-refractivity contribution < 1.29 is 31.5 Å². The Kier molecular flexibility index (Phi) is 8.00. The van der Waals surface area contributed by atoms with Crippen molar-refractivity contribution in [1.82, 2.24) is 9.29 Å². The van der Waals surface area contributed by atoms with Crippen molar-refractivity contribution in [2.75, 3.05) is 13.6 Å². The van der Waals surface area contributed by atoms with Gasteiger partial charge in [0.05, 0.1) is 16.3 Å². The third-order valence-electron chi connectivity index (χ3n) is 4.04. The molecule has 3 rings (SSSR count). The summed E-state index contributed by atoms with van der Waals surface area (Å²) in [6.07, 6.45) is -5.08. The van der Waals surface area contributed by atoms with Gasteiger partial charge >= 0.3 is 12.1 Å². The summed E-state index contributed by atoms with van der Waals surface area (Å²) in [5.41, 5.74) is 7.27. The molecule has 0 aliphatic rings. The number of likely N-dealkylation sites (N-methyl/N-ethyl adjacent to an activating group) is 1. The van der Waals surface area contributed by atoms with Crippen molar-refractivity contribution in [1.29, 1.82) is 0 Å². The van der Waals surface area contributed by atoms with Gasteiger partial charge in [-0.2, -0.15) is 17.5 Å². The van der Waals surface area contributed by atoms with Gasteiger partial charge in [-0.15, -0.1) is 11.3 Å². The van der Waals surface area contributed by atoms with Crippen LogP contribution in [0.5, 0.6) is 0 Å². The Balaban J connectivity index is 0.000000423. The van der Waals surface area contributed by atoms with Crippen LogP contribution >= 0.6 is 22.9 Å². The van der Waals surface area contributed by atoms with Crippen LogP contribution in [0.1, 0.15) is 11.6 Å². The van der Waals surface area contributed by atoms with Crippen molar-refractivity contribution in [3.63, 3.8) is 0 Å². The molecule has 168 valence electrons. The zero-order valence-corrected chi connectivity index (χ0v) is 18.3. The quantitative estimate of drug-likeness (QED) is 0.519. The van der Waals surface area contributed by atoms with Gasteiger partial charge in [-0.1, -0.05) is 41.9 Å². The minimum atomic E-state index is -5.08. The molecule has 0 radical (unpaired) electrons. The number of aliphatic carboxylic acids is 1. The number of pyridine rings is 1. The molecule has 1 unspecified atom stereocenters. The maximum atomic E-state index is 13.0. The predicted octanol–water partition coefficient (Wildman–Crippen LogP) is 3.90. The van der Waals surface area contributed by atoms with Crippen LogP contribution in [-0.2, 0) is 14.8 Å². The lowest BCUT2D eigenvalue weighted by Gasteiger charge is -2.26. The molecule has 0 spiro atoms. The lowest BCUT2D eigenvalue weighted by Crippen LogP contribution is -2.35. The Labute approximate surface area is 184 Å². The third kappa shape index (κ3) is 6.14. The van der Waals surface area contributed by atoms with E-state index in [0.717, 1.165) is 10.3 Å². The van der Waals surface area contributed by atoms with E-state index in [-0.39, 0.29) is 10.8 Å². The Hall–Kier alpha value is -2.25. The Morgan fingerprint density at radius 3 is 2.35 bits per heavy atom. The molecule has 0 saturated heterocycles. The van der Waals surface area contributed by atoms with E-state index in [1.54, 1.807) is 25.2 Å². The van der Waals surface area contributed by atoms with E-state index in [0.29, 0.717) is 10.7 Å². The number of sulfonamides is 1. The Bertz CT molecular complexity index is 1150. The SMILES string of the molecule is CN(C(CN)c1ccccc1)S(=O)(=O)c1cc2nc(Cl)ccc2s1.O=C(O)C(F)(F)F. The van der Waals surface area contributed by atoms with E-state index in [4.69, 9.17) is 27.2 Å². The number of aromatic nitrogens is 1. The van der Waals surface area contributed by atoms with Crippen molar-refractivity contribution in [2.24, 2.45) is 5.73 Å². The van der Waals surface area contributed by atoms with Crippen LogP contribution in [0.3, 0.4) is 0 Å². The summed E-state index contributed by atoms with van der Waals surface area (Å²) >= 11 is 7.05. The number of thiophene rings is 1. The molecule has 31 heavy (non-hydrogen) atoms. The molecular formula is C18H17ClF3N3O4S2. The zero-order chi connectivity index (χ0) is 23.4. The molecule has 0 saturated carbocycles. The van der Waals surface area contributed by atoms with Crippen LogP contribution < -0.4 is 5.73 Å². The number of nitrogens with zero attached hydrogens (tertiary/aromatic N) is 2. The van der Waals surface area contributed by atoms with Crippen LogP contribution in [0.4, 0.5) is 13.2 Å². The van der Waals surface area contributed by atoms with Gasteiger partial charge in [0.25, 0.3) is 10.0 Å². The summed E-state index contributed by atoms with van der Waals surface area (Å²) < 4.78 is 60.0. The fourth-order valence-corrected chi connectivity index (χ4v) is 5.50. The minimum Gasteiger partial charge on any atom is -0.475 e. The van der Waals surface area contributed by atoms with Gasteiger partial charge in [-0.25, -0.2) is 18.2 Å². The largest absolute Gasteiger partial charge is 0.490 e. The van der Waals surface area contributed by atoms with Crippen LogP contribution in [0.2, 0.25) is 5.15 Å². The molecule has 7 nitrogen and oxygen atoms in total. The molecule has 13 heteroatoms. The van der Waals surface area contributed by atoms with E-state index >= 15 is 0 Å². The number of carbonyl (C=O) groups is 1. The van der Waals surface area contributed by atoms with Crippen LogP contribution in [0.15, 0.2) is 52.7 Å². The van der Waals surface area contributed by atoms with Gasteiger partial charge in [-0.05, 0) is 23.8 Å². The number of carboxylic acid groups (broad SMARTS) is 1. The topological polar surface area (TPSA) is 114 Å². The first-order valence-corrected chi connectivity index (χ1v) is 11.1. The van der Waals surface area contributed by atoms with E-state index in [1.165, 1.54) is 15.6 Å². The number of nitrogens with two attached hydrogens (primary N) is 1. The normalized spacial score (nSPS) is 13.0. The number of alkyl halides is 3. The summed E-state index contributed by atoms with van der Waals surface area (Å²) in [4.78, 5) is 13.1. The fourth-order valence-electron chi connectivity index (χ4n) is 2.48. The molecule has 0 fully saturated rings. The smallest absolute Gasteiger partial charge is 0.475 e. The first-order valence-electron chi connectivity index (χ1n) is 8.47. The number of hydrogen-bond donors (Lipinski definition) is 2. The first-order chi connectivity index (χ1) is 14.4. The lowest BCUT2D eigenvalue weighted by atomic mass is 10.1. The number of rotatable bonds is 5. The molecule has 3 aromatic rings. The predicted molar refractivity (Wildman–Crippen MR) is 112 cm³/mol. The van der Waals surface area contributed by atoms with E-state index < -0.39 is 28.2 Å². The maximum Gasteiger partial charge on any atom is 0.490 e. The molecule has 0 aliphatic heterocycles. The second-order valence-electron chi connectivity index (χ2n) is 6.07. The number of fused-ring (bicyclic) bond motifs is 1. The van der Waals surface area contributed by atoms with Crippen LogP contribution in [0.25, 0.3) is 10.2 Å². The van der Waals surface area contributed by atoms with Gasteiger partial charge in [0.1, 0.15) is 9.36 Å². The fraction of sp³-hybridized carbons (Fsp3) is 0.222. The van der Waals surface area contributed by atoms with E-state index in [2.05, 4.69) is 4.98 Å². The average Bonchev–Trinajstić information content (AvgIpc) is 3.13. The highest BCUT2D eigenvalue weighted by Gasteiger charge is 2.38. The van der Waals surface area contributed by atoms with Crippen LogP contribution in [0, 0.1) is 0 Å². The minimum absolute atomic E-state index is 0.189. The van der Waals surface area contributed by atoms with Gasteiger partial charge in [-0.3, -0.25) is 0 Å². The van der Waals surface area contributed by atoms with Crippen molar-refractivity contribution in [3.8, 4) is 0 Å². The summed E-state index contributed by atoms with van der Waals surface area (Å²) in [6.45, 7) is 0.189. The summed E-state index contributed by atoms with van der Waals surface area (Å²) in [7, 11) is -2.14. The monoisotopic (exact) mass is 495 g/mol. The molecule has 0 bridgehead atoms. The highest BCUT2D eigenvalue weighted by molar-refractivity contribution is 7.91. The molecule has 2 heterocycles. The summed E-state index contributed by atoms with van der Waals surface area (Å²) in [5, 5.41) is 7.46. The molecule has 1 aromatic carbocycles. The first kappa shape index (κ1) is 25.0. The third-order valence-corrected chi connectivity index (χ3v) is 7.66. The van der Waals surface area contributed by atoms with Gasteiger partial charge in [0.15, 0.2) is 0 Å². The van der Waals surface area contributed by atoms with Crippen LogP contribution in [-0.4, -0.2) is 48.6 Å². The highest BCUT2D eigenvalue weighted by Crippen LogP contribution is 2.33. The average molecular weight is 496 g/mol. The molecule has 0 amide bonds. The van der Waals surface area contributed by atoms with Crippen molar-refractivity contribution >= 4 is 49.1 Å². The van der Waals surface area contributed by atoms with Crippen molar-refractivity contribution in [3.05, 3.63) is 59.2 Å². The second-order valence-corrected chi connectivity index (χ2v) is 9.76. The molecule has 3 N–H and O–H groups in total. The standard InChI is InChI=1S/C16H16ClN3O2S2.C2HF3O2/c1-20(13(10-18)11-5-3-2-4-6-11)24(21,22)16-9-12-14(23-16)7-8-15(17)19-12;3-2(4,5)1(6)7/h2-9,13H,10,18H2,1H3;(H,6,7). The van der Waals surface area contributed by atoms with Gasteiger partial charge in [0.2, 0.25) is 0 Å². The number of halogens is 4. The number of hydrogen-bond acceptors (Lipinski definition) is 6. The maximum absolute atomic E-state index is 13.0. The molecular weight excluding hydrogens is 479 g/mol. The second kappa shape index (κ2) is 9.92. The van der Waals surface area contributed by atoms with E-state index in [9.17, 15) is 21.6 Å².